The van der Waals surface area contributed by atoms with Crippen LogP contribution < -0.4 is 16.4 Å². The maximum absolute atomic E-state index is 6.35. The van der Waals surface area contributed by atoms with E-state index in [4.69, 9.17) is 34.8 Å². The fraction of sp³-hybridized carbons (Fsp3) is 0.100. The summed E-state index contributed by atoms with van der Waals surface area (Å²) in [6.07, 6.45) is 0. The van der Waals surface area contributed by atoms with E-state index in [1.54, 1.807) is 12.1 Å². The first-order chi connectivity index (χ1) is 13.0. The number of nitrogens with one attached hydrogen (secondary N) is 3. The van der Waals surface area contributed by atoms with Gasteiger partial charge in [-0.1, -0.05) is 34.8 Å². The first kappa shape index (κ1) is 18.3. The van der Waals surface area contributed by atoms with Gasteiger partial charge in [-0.15, -0.1) is 0 Å². The molecule has 27 heavy (non-hydrogen) atoms. The summed E-state index contributed by atoms with van der Waals surface area (Å²) in [5.74, 6) is 0. The fourth-order valence-corrected chi connectivity index (χ4v) is 3.66. The van der Waals surface area contributed by atoms with Crippen molar-refractivity contribution in [2.75, 3.05) is 23.7 Å². The molecule has 0 unspecified atom stereocenters. The van der Waals surface area contributed by atoms with E-state index in [0.717, 1.165) is 52.0 Å². The molecule has 0 bridgehead atoms. The van der Waals surface area contributed by atoms with Gasteiger partial charge in [0, 0.05) is 32.7 Å². The van der Waals surface area contributed by atoms with Gasteiger partial charge in [-0.05, 0) is 48.5 Å². The monoisotopic (exact) mass is 419 g/mol. The third-order valence-corrected chi connectivity index (χ3v) is 5.33. The molecule has 0 fully saturated rings. The van der Waals surface area contributed by atoms with Crippen LogP contribution in [0.15, 0.2) is 48.5 Å². The van der Waals surface area contributed by atoms with Crippen molar-refractivity contribution in [2.24, 2.45) is 0 Å². The molecule has 0 aliphatic rings. The summed E-state index contributed by atoms with van der Waals surface area (Å²) >= 11 is 18.5. The van der Waals surface area contributed by atoms with Crippen LogP contribution in [-0.2, 0) is 0 Å². The van der Waals surface area contributed by atoms with Crippen LogP contribution in [0.25, 0.3) is 21.8 Å². The number of H-pyrrole nitrogens is 1. The van der Waals surface area contributed by atoms with Gasteiger partial charge in [0.2, 0.25) is 0 Å². The van der Waals surface area contributed by atoms with E-state index in [1.807, 2.05) is 30.3 Å². The molecule has 0 atom stereocenters. The third kappa shape index (κ3) is 3.66. The van der Waals surface area contributed by atoms with E-state index in [1.165, 1.54) is 0 Å². The lowest BCUT2D eigenvalue weighted by Gasteiger charge is -2.08. The predicted molar refractivity (Wildman–Crippen MR) is 117 cm³/mol. The summed E-state index contributed by atoms with van der Waals surface area (Å²) in [4.78, 5) is 3.48. The van der Waals surface area contributed by atoms with Crippen LogP contribution in [0.3, 0.4) is 0 Å². The van der Waals surface area contributed by atoms with Crippen molar-refractivity contribution in [2.45, 2.75) is 0 Å². The fourth-order valence-electron chi connectivity index (χ4n) is 3.15. The maximum atomic E-state index is 6.35. The van der Waals surface area contributed by atoms with E-state index in [0.29, 0.717) is 15.1 Å². The predicted octanol–water partition coefficient (Wildman–Crippen LogP) is 5.68. The molecule has 0 saturated carbocycles. The molecule has 4 rings (SSSR count). The Hall–Kier alpha value is -2.11. The summed E-state index contributed by atoms with van der Waals surface area (Å²) in [7, 11) is 0. The number of aromatic nitrogens is 1. The molecule has 3 aromatic carbocycles. The van der Waals surface area contributed by atoms with Gasteiger partial charge in [-0.3, -0.25) is 0 Å². The molecule has 1 aromatic heterocycles. The zero-order valence-corrected chi connectivity index (χ0v) is 16.6. The standard InChI is InChI=1S/C20H17Cl3N4/c21-11-7-15-14-9-12(26-13-1-3-16(22)17(23)10-13)2-4-18(14)27-20(15)19(8-11)25-6-5-24/h1-4,7-10,25-27H,5-6,24H2/p+1. The van der Waals surface area contributed by atoms with Crippen LogP contribution in [0.1, 0.15) is 0 Å². The highest BCUT2D eigenvalue weighted by Crippen LogP contribution is 2.35. The van der Waals surface area contributed by atoms with Crippen molar-refractivity contribution in [3.8, 4) is 0 Å². The minimum absolute atomic E-state index is 0.516. The van der Waals surface area contributed by atoms with Gasteiger partial charge in [0.05, 0.1) is 34.3 Å². The van der Waals surface area contributed by atoms with Crippen LogP contribution in [0.2, 0.25) is 15.1 Å². The summed E-state index contributed by atoms with van der Waals surface area (Å²) in [5, 5.41) is 10.7. The Bertz CT molecular complexity index is 1140. The number of hydrogen-bond donors (Lipinski definition) is 4. The second-order valence-electron chi connectivity index (χ2n) is 6.30. The molecule has 4 nitrogen and oxygen atoms in total. The number of rotatable bonds is 5. The lowest BCUT2D eigenvalue weighted by Crippen LogP contribution is -2.53. The van der Waals surface area contributed by atoms with E-state index in [-0.39, 0.29) is 0 Å². The van der Waals surface area contributed by atoms with Crippen LogP contribution in [0.4, 0.5) is 17.1 Å². The summed E-state index contributed by atoms with van der Waals surface area (Å²) < 4.78 is 0. The maximum Gasteiger partial charge on any atom is 0.0915 e. The molecule has 6 N–H and O–H groups in total. The Kier molecular flexibility index (Phi) is 5.06. The third-order valence-electron chi connectivity index (χ3n) is 4.37. The minimum atomic E-state index is 0.516. The second-order valence-corrected chi connectivity index (χ2v) is 7.55. The molecule has 0 radical (unpaired) electrons. The van der Waals surface area contributed by atoms with Gasteiger partial charge in [0.25, 0.3) is 0 Å². The average Bonchev–Trinajstić information content (AvgIpc) is 3.01. The summed E-state index contributed by atoms with van der Waals surface area (Å²) in [6, 6.07) is 15.6. The Morgan fingerprint density at radius 3 is 2.41 bits per heavy atom. The van der Waals surface area contributed by atoms with Gasteiger partial charge in [-0.25, -0.2) is 0 Å². The highest BCUT2D eigenvalue weighted by Gasteiger charge is 2.11. The van der Waals surface area contributed by atoms with Gasteiger partial charge < -0.3 is 21.4 Å². The first-order valence-corrected chi connectivity index (χ1v) is 9.69. The number of anilines is 3. The number of halogens is 3. The first-order valence-electron chi connectivity index (χ1n) is 8.55. The van der Waals surface area contributed by atoms with Gasteiger partial charge in [0.15, 0.2) is 0 Å². The van der Waals surface area contributed by atoms with Gasteiger partial charge >= 0.3 is 0 Å². The zero-order valence-electron chi connectivity index (χ0n) is 14.4. The molecule has 7 heteroatoms. The van der Waals surface area contributed by atoms with E-state index in [2.05, 4.69) is 27.4 Å². The molecular weight excluding hydrogens is 403 g/mol. The van der Waals surface area contributed by atoms with Gasteiger partial charge in [-0.2, -0.15) is 0 Å². The molecule has 1 heterocycles. The average molecular weight is 421 g/mol. The SMILES string of the molecule is [NH3+]CCNc1cc(Cl)cc2c1[nH]c1ccc(Nc3ccc(Cl)c(Cl)c3)cc12. The van der Waals surface area contributed by atoms with Crippen molar-refractivity contribution in [1.82, 2.24) is 4.98 Å². The minimum Gasteiger partial charge on any atom is -0.378 e. The molecule has 0 aliphatic carbocycles. The smallest absolute Gasteiger partial charge is 0.0915 e. The highest BCUT2D eigenvalue weighted by atomic mass is 35.5. The highest BCUT2D eigenvalue weighted by molar-refractivity contribution is 6.42. The van der Waals surface area contributed by atoms with Gasteiger partial charge in [0.1, 0.15) is 0 Å². The van der Waals surface area contributed by atoms with Crippen molar-refractivity contribution in [1.29, 1.82) is 0 Å². The molecule has 0 aliphatic heterocycles. The Balaban J connectivity index is 1.77. The topological polar surface area (TPSA) is 67.5 Å². The Labute approximate surface area is 171 Å². The normalized spacial score (nSPS) is 11.3. The molecule has 0 amide bonds. The van der Waals surface area contributed by atoms with Crippen molar-refractivity contribution >= 4 is 73.7 Å². The van der Waals surface area contributed by atoms with E-state index in [9.17, 15) is 0 Å². The van der Waals surface area contributed by atoms with E-state index < -0.39 is 0 Å². The number of fused-ring (bicyclic) bond motifs is 3. The van der Waals surface area contributed by atoms with Crippen molar-refractivity contribution in [3.05, 3.63) is 63.6 Å². The number of benzene rings is 3. The van der Waals surface area contributed by atoms with Crippen molar-refractivity contribution in [3.63, 3.8) is 0 Å². The molecule has 4 aromatic rings. The number of aromatic amines is 1. The quantitative estimate of drug-likeness (QED) is 0.335. The summed E-state index contributed by atoms with van der Waals surface area (Å²) in [5.41, 5.74) is 8.77. The summed E-state index contributed by atoms with van der Waals surface area (Å²) in [6.45, 7) is 1.58. The van der Waals surface area contributed by atoms with Crippen LogP contribution in [0, 0.1) is 0 Å². The van der Waals surface area contributed by atoms with E-state index >= 15 is 0 Å². The molecule has 0 spiro atoms. The van der Waals surface area contributed by atoms with Crippen LogP contribution in [0.5, 0.6) is 0 Å². The Morgan fingerprint density at radius 2 is 1.63 bits per heavy atom. The van der Waals surface area contributed by atoms with Crippen molar-refractivity contribution < 1.29 is 5.73 Å². The van der Waals surface area contributed by atoms with Crippen LogP contribution in [-0.4, -0.2) is 18.1 Å². The lowest BCUT2D eigenvalue weighted by atomic mass is 10.1. The lowest BCUT2D eigenvalue weighted by molar-refractivity contribution is -0.362. The number of hydrogen-bond acceptors (Lipinski definition) is 2. The van der Waals surface area contributed by atoms with Crippen LogP contribution >= 0.6 is 34.8 Å². The molecule has 0 saturated heterocycles. The number of quaternary nitrogens is 1. The Morgan fingerprint density at radius 1 is 0.852 bits per heavy atom. The largest absolute Gasteiger partial charge is 0.378 e. The molecular formula is C20H18Cl3N4+. The second kappa shape index (κ2) is 7.49. The molecule has 138 valence electrons. The zero-order chi connectivity index (χ0) is 19.0.